The fourth-order valence-electron chi connectivity index (χ4n) is 0.322. The van der Waals surface area contributed by atoms with Crippen molar-refractivity contribution in [3.63, 3.8) is 0 Å². The molecule has 0 amide bonds. The number of nitrogens with two attached hydrogens (primary N) is 1. The lowest BCUT2D eigenvalue weighted by molar-refractivity contribution is -0.648. The molecule has 0 fully saturated rings. The number of methoxy groups -OCH3 is 1. The zero-order chi connectivity index (χ0) is 6.57. The van der Waals surface area contributed by atoms with E-state index in [0.29, 0.717) is 0 Å². The van der Waals surface area contributed by atoms with Crippen LogP contribution in [-0.4, -0.2) is 26.2 Å². The molecule has 2 N–H and O–H groups in total. The Labute approximate surface area is 61.2 Å². The molecule has 0 unspecified atom stereocenters. The third-order valence-corrected chi connectivity index (χ3v) is 1.07. The predicted molar refractivity (Wildman–Crippen MR) is 29.3 cm³/mol. The molecular formula is C5H12ClNO2. The number of carbonyl (C=O) groups excluding carboxylic acids is 1. The molecule has 0 radical (unpaired) electrons. The number of hydrogen-bond acceptors (Lipinski definition) is 2. The van der Waals surface area contributed by atoms with E-state index < -0.39 is 0 Å². The Morgan fingerprint density at radius 3 is 2.22 bits per heavy atom. The summed E-state index contributed by atoms with van der Waals surface area (Å²) in [6.45, 7) is 1.80. The van der Waals surface area contributed by atoms with Crippen LogP contribution in [0.15, 0.2) is 0 Å². The minimum absolute atomic E-state index is 0. The van der Waals surface area contributed by atoms with Gasteiger partial charge in [-0.2, -0.15) is 0 Å². The molecule has 0 saturated carbocycles. The van der Waals surface area contributed by atoms with Crippen molar-refractivity contribution in [3.8, 4) is 0 Å². The molecule has 0 aromatic heterocycles. The maximum Gasteiger partial charge on any atom is 0.364 e. The van der Waals surface area contributed by atoms with Gasteiger partial charge in [0.2, 0.25) is 0 Å². The van der Waals surface area contributed by atoms with Crippen molar-refractivity contribution < 1.29 is 27.3 Å². The minimum Gasteiger partial charge on any atom is -1.00 e. The zero-order valence-corrected chi connectivity index (χ0v) is 6.61. The maximum atomic E-state index is 10.5. The van der Waals surface area contributed by atoms with Crippen LogP contribution in [-0.2, 0) is 9.53 Å². The summed E-state index contributed by atoms with van der Waals surface area (Å²) in [6, 6.07) is -0.0694. The van der Waals surface area contributed by atoms with Crippen molar-refractivity contribution >= 4 is 5.97 Å². The molecule has 0 aliphatic heterocycles. The first kappa shape index (κ1) is 11.5. The van der Waals surface area contributed by atoms with Crippen molar-refractivity contribution in [2.45, 2.75) is 13.0 Å². The van der Waals surface area contributed by atoms with Gasteiger partial charge in [0.1, 0.15) is 0 Å². The number of rotatable bonds is 2. The highest BCUT2D eigenvalue weighted by Gasteiger charge is 2.11. The smallest absolute Gasteiger partial charge is 0.364 e. The van der Waals surface area contributed by atoms with E-state index in [-0.39, 0.29) is 24.4 Å². The molecule has 9 heavy (non-hydrogen) atoms. The fraction of sp³-hybridized carbons (Fsp3) is 0.800. The molecule has 3 nitrogen and oxygen atoms in total. The lowest BCUT2D eigenvalue weighted by Crippen LogP contribution is -3.00. The summed E-state index contributed by atoms with van der Waals surface area (Å²) in [5, 5.41) is 1.80. The number of likely N-dealkylation sites (N-methyl/N-ethyl adjacent to an activating group) is 1. The van der Waals surface area contributed by atoms with Crippen LogP contribution in [0, 0.1) is 0 Å². The summed E-state index contributed by atoms with van der Waals surface area (Å²) in [5.74, 6) is -0.174. The van der Waals surface area contributed by atoms with E-state index in [1.54, 1.807) is 12.2 Å². The van der Waals surface area contributed by atoms with E-state index in [1.165, 1.54) is 7.11 Å². The highest BCUT2D eigenvalue weighted by Crippen LogP contribution is 1.75. The van der Waals surface area contributed by atoms with E-state index in [1.807, 2.05) is 7.05 Å². The van der Waals surface area contributed by atoms with Crippen LogP contribution in [0.4, 0.5) is 0 Å². The van der Waals surface area contributed by atoms with Gasteiger partial charge >= 0.3 is 5.97 Å². The van der Waals surface area contributed by atoms with E-state index in [9.17, 15) is 4.79 Å². The number of esters is 1. The molecule has 0 aromatic rings. The van der Waals surface area contributed by atoms with E-state index >= 15 is 0 Å². The van der Waals surface area contributed by atoms with Crippen molar-refractivity contribution in [2.24, 2.45) is 0 Å². The van der Waals surface area contributed by atoms with E-state index in [4.69, 9.17) is 0 Å². The van der Waals surface area contributed by atoms with Crippen molar-refractivity contribution in [1.29, 1.82) is 0 Å². The third kappa shape index (κ3) is 4.24. The quantitative estimate of drug-likeness (QED) is 0.409. The molecule has 0 aromatic carbocycles. The Kier molecular flexibility index (Phi) is 7.48. The first-order valence-corrected chi connectivity index (χ1v) is 2.59. The van der Waals surface area contributed by atoms with Gasteiger partial charge in [-0.25, -0.2) is 4.79 Å². The van der Waals surface area contributed by atoms with E-state index in [0.717, 1.165) is 0 Å². The van der Waals surface area contributed by atoms with Gasteiger partial charge in [-0.05, 0) is 6.92 Å². The monoisotopic (exact) mass is 153 g/mol. The minimum atomic E-state index is -0.174. The van der Waals surface area contributed by atoms with Crippen LogP contribution < -0.4 is 17.7 Å². The van der Waals surface area contributed by atoms with Gasteiger partial charge in [0, 0.05) is 0 Å². The second kappa shape index (κ2) is 5.85. The summed E-state index contributed by atoms with van der Waals surface area (Å²) < 4.78 is 4.43. The number of halogens is 1. The first-order chi connectivity index (χ1) is 3.72. The van der Waals surface area contributed by atoms with Crippen LogP contribution in [0.1, 0.15) is 6.92 Å². The number of hydrogen-bond donors (Lipinski definition) is 1. The summed E-state index contributed by atoms with van der Waals surface area (Å²) >= 11 is 0. The lowest BCUT2D eigenvalue weighted by Gasteiger charge is -2.01. The summed E-state index contributed by atoms with van der Waals surface area (Å²) in [7, 11) is 3.23. The second-order valence-electron chi connectivity index (χ2n) is 1.65. The normalized spacial score (nSPS) is 11.4. The van der Waals surface area contributed by atoms with Gasteiger partial charge in [-0.3, -0.25) is 0 Å². The number of ether oxygens (including phenoxy) is 1. The van der Waals surface area contributed by atoms with Gasteiger partial charge in [-0.1, -0.05) is 0 Å². The molecule has 0 heterocycles. The third-order valence-electron chi connectivity index (χ3n) is 1.07. The lowest BCUT2D eigenvalue weighted by atomic mass is 10.4. The molecule has 0 aliphatic rings. The summed E-state index contributed by atoms with van der Waals surface area (Å²) in [4.78, 5) is 10.5. The Morgan fingerprint density at radius 2 is 2.11 bits per heavy atom. The Morgan fingerprint density at radius 1 is 1.67 bits per heavy atom. The molecule has 0 bridgehead atoms. The van der Waals surface area contributed by atoms with Crippen LogP contribution in [0.5, 0.6) is 0 Å². The van der Waals surface area contributed by atoms with Gasteiger partial charge in [0.25, 0.3) is 0 Å². The average Bonchev–Trinajstić information content (AvgIpc) is 1.84. The molecule has 56 valence electrons. The van der Waals surface area contributed by atoms with Crippen molar-refractivity contribution in [1.82, 2.24) is 0 Å². The van der Waals surface area contributed by atoms with Crippen LogP contribution in [0.2, 0.25) is 0 Å². The molecular weight excluding hydrogens is 142 g/mol. The molecule has 4 heteroatoms. The molecule has 0 saturated heterocycles. The van der Waals surface area contributed by atoms with Gasteiger partial charge in [0.05, 0.1) is 14.2 Å². The number of carbonyl (C=O) groups is 1. The fourth-order valence-corrected chi connectivity index (χ4v) is 0.322. The molecule has 0 aliphatic carbocycles. The van der Waals surface area contributed by atoms with Crippen molar-refractivity contribution in [2.75, 3.05) is 14.2 Å². The van der Waals surface area contributed by atoms with Crippen LogP contribution >= 0.6 is 0 Å². The first-order valence-electron chi connectivity index (χ1n) is 2.59. The zero-order valence-electron chi connectivity index (χ0n) is 5.85. The highest BCUT2D eigenvalue weighted by molar-refractivity contribution is 5.73. The van der Waals surface area contributed by atoms with Gasteiger partial charge in [0.15, 0.2) is 6.04 Å². The maximum absolute atomic E-state index is 10.5. The topological polar surface area (TPSA) is 42.9 Å². The number of quaternary nitrogens is 1. The van der Waals surface area contributed by atoms with Crippen LogP contribution in [0.25, 0.3) is 0 Å². The summed E-state index contributed by atoms with van der Waals surface area (Å²) in [6.07, 6.45) is 0. The second-order valence-corrected chi connectivity index (χ2v) is 1.65. The molecule has 1 atom stereocenters. The standard InChI is InChI=1S/C5H11NO2.ClH/c1-4(6-2)5(7)8-3;/h4,6H,1-3H3;1H/t4-;/m0./s1. The Bertz CT molecular complexity index is 87.0. The molecule has 0 rings (SSSR count). The largest absolute Gasteiger partial charge is 1.00 e. The van der Waals surface area contributed by atoms with Crippen LogP contribution in [0.3, 0.4) is 0 Å². The Hall–Kier alpha value is -0.280. The average molecular weight is 154 g/mol. The van der Waals surface area contributed by atoms with Crippen molar-refractivity contribution in [3.05, 3.63) is 0 Å². The molecule has 0 spiro atoms. The van der Waals surface area contributed by atoms with E-state index in [2.05, 4.69) is 4.74 Å². The SMILES string of the molecule is C[NH2+][C@@H](C)C(=O)OC.[Cl-]. The van der Waals surface area contributed by atoms with Gasteiger partial charge < -0.3 is 22.5 Å². The predicted octanol–water partition coefficient (Wildman–Crippen LogP) is -4.25. The summed E-state index contributed by atoms with van der Waals surface area (Å²) in [5.41, 5.74) is 0. The Balaban J connectivity index is 0. The van der Waals surface area contributed by atoms with Gasteiger partial charge in [-0.15, -0.1) is 0 Å². The highest BCUT2D eigenvalue weighted by atomic mass is 35.5.